The summed E-state index contributed by atoms with van der Waals surface area (Å²) in [6, 6.07) is 24.7. The van der Waals surface area contributed by atoms with Gasteiger partial charge in [-0.1, -0.05) is 54.6 Å². The predicted octanol–water partition coefficient (Wildman–Crippen LogP) is 3.19. The number of aryl methyl sites for hydroxylation is 2. The van der Waals surface area contributed by atoms with Crippen LogP contribution in [-0.2, 0) is 24.3 Å². The summed E-state index contributed by atoms with van der Waals surface area (Å²) in [5, 5.41) is 2.82. The van der Waals surface area contributed by atoms with Crippen LogP contribution in [-0.4, -0.2) is 38.7 Å². The third-order valence-corrected chi connectivity index (χ3v) is 5.82. The Morgan fingerprint density at radius 2 is 1.45 bits per heavy atom. The molecule has 0 spiro atoms. The zero-order chi connectivity index (χ0) is 22.8. The van der Waals surface area contributed by atoms with Crippen molar-refractivity contribution in [2.75, 3.05) is 6.54 Å². The summed E-state index contributed by atoms with van der Waals surface area (Å²) in [5.41, 5.74) is 3.74. The van der Waals surface area contributed by atoms with E-state index in [-0.39, 0.29) is 13.1 Å². The highest BCUT2D eigenvalue weighted by Gasteiger charge is 2.36. The first-order valence-electron chi connectivity index (χ1n) is 10.8. The Morgan fingerprint density at radius 1 is 0.818 bits per heavy atom. The normalized spacial score (nSPS) is 12.9. The molecule has 0 saturated heterocycles. The van der Waals surface area contributed by atoms with E-state index in [1.807, 2.05) is 42.5 Å². The molecule has 1 aliphatic rings. The molecule has 0 atom stereocenters. The van der Waals surface area contributed by atoms with E-state index in [4.69, 9.17) is 4.98 Å². The maximum Gasteiger partial charge on any atom is 0.262 e. The maximum absolute atomic E-state index is 12.6. The molecule has 3 aromatic carbocycles. The molecule has 1 N–H and O–H groups in total. The van der Waals surface area contributed by atoms with Gasteiger partial charge in [0, 0.05) is 6.54 Å². The molecular formula is C26H22N4O3. The van der Waals surface area contributed by atoms with Crippen molar-refractivity contribution in [1.29, 1.82) is 0 Å². The highest BCUT2D eigenvalue weighted by Crippen LogP contribution is 2.22. The molecule has 0 aliphatic carbocycles. The topological polar surface area (TPSA) is 84.3 Å². The minimum atomic E-state index is -0.444. The fraction of sp³-hybridized carbons (Fsp3) is 0.154. The van der Waals surface area contributed by atoms with E-state index in [2.05, 4.69) is 22.0 Å². The summed E-state index contributed by atoms with van der Waals surface area (Å²) in [6.07, 6.45) is 0.831. The second-order valence-electron chi connectivity index (χ2n) is 7.92. The Morgan fingerprint density at radius 3 is 2.18 bits per heavy atom. The molecule has 4 aromatic rings. The first-order chi connectivity index (χ1) is 16.1. The van der Waals surface area contributed by atoms with Crippen LogP contribution in [0.3, 0.4) is 0 Å². The zero-order valence-corrected chi connectivity index (χ0v) is 17.9. The van der Waals surface area contributed by atoms with Crippen LogP contribution in [0, 0.1) is 0 Å². The van der Waals surface area contributed by atoms with Gasteiger partial charge in [-0.25, -0.2) is 4.98 Å². The Kier molecular flexibility index (Phi) is 5.44. The van der Waals surface area contributed by atoms with Crippen LogP contribution in [0.1, 0.15) is 32.1 Å². The fourth-order valence-corrected chi connectivity index (χ4v) is 4.16. The minimum absolute atomic E-state index is 0.200. The molecule has 0 saturated carbocycles. The Bertz CT molecular complexity index is 1330. The van der Waals surface area contributed by atoms with Crippen LogP contribution in [0.5, 0.6) is 0 Å². The largest absolute Gasteiger partial charge is 0.347 e. The fourth-order valence-electron chi connectivity index (χ4n) is 4.16. The number of aromatic nitrogens is 2. The molecule has 1 aliphatic heterocycles. The lowest BCUT2D eigenvalue weighted by Crippen LogP contribution is -2.40. The van der Waals surface area contributed by atoms with Gasteiger partial charge < -0.3 is 9.88 Å². The van der Waals surface area contributed by atoms with Gasteiger partial charge in [-0.05, 0) is 36.2 Å². The molecule has 0 bridgehead atoms. The van der Waals surface area contributed by atoms with Gasteiger partial charge in [0.25, 0.3) is 11.8 Å². The summed E-state index contributed by atoms with van der Waals surface area (Å²) in [5.74, 6) is -0.573. The van der Waals surface area contributed by atoms with Crippen molar-refractivity contribution in [1.82, 2.24) is 19.8 Å². The predicted molar refractivity (Wildman–Crippen MR) is 124 cm³/mol. The van der Waals surface area contributed by atoms with Gasteiger partial charge in [0.2, 0.25) is 5.91 Å². The Hall–Kier alpha value is -4.26. The number of para-hydroxylation sites is 2. The molecule has 5 rings (SSSR count). The van der Waals surface area contributed by atoms with Gasteiger partial charge in [0.15, 0.2) is 0 Å². The van der Waals surface area contributed by atoms with Gasteiger partial charge in [-0.15, -0.1) is 0 Å². The Labute approximate surface area is 190 Å². The van der Waals surface area contributed by atoms with Gasteiger partial charge in [0.1, 0.15) is 12.4 Å². The van der Waals surface area contributed by atoms with Crippen LogP contribution in [0.2, 0.25) is 0 Å². The summed E-state index contributed by atoms with van der Waals surface area (Å²) >= 11 is 0. The lowest BCUT2D eigenvalue weighted by atomic mass is 10.1. The van der Waals surface area contributed by atoms with E-state index in [0.717, 1.165) is 28.2 Å². The summed E-state index contributed by atoms with van der Waals surface area (Å²) < 4.78 is 2.10. The highest BCUT2D eigenvalue weighted by atomic mass is 16.2. The molecule has 164 valence electrons. The number of hydrogen-bond acceptors (Lipinski definition) is 4. The van der Waals surface area contributed by atoms with Crippen LogP contribution < -0.4 is 5.32 Å². The van der Waals surface area contributed by atoms with Crippen LogP contribution in [0.25, 0.3) is 11.0 Å². The maximum atomic E-state index is 12.6. The molecule has 0 unspecified atom stereocenters. The van der Waals surface area contributed by atoms with Crippen molar-refractivity contribution in [3.8, 4) is 0 Å². The molecule has 2 heterocycles. The molecular weight excluding hydrogens is 416 g/mol. The molecule has 33 heavy (non-hydrogen) atoms. The van der Waals surface area contributed by atoms with Gasteiger partial charge in [-0.2, -0.15) is 0 Å². The van der Waals surface area contributed by atoms with Crippen molar-refractivity contribution in [2.24, 2.45) is 0 Å². The number of amides is 3. The lowest BCUT2D eigenvalue weighted by Gasteiger charge is -2.14. The second-order valence-corrected chi connectivity index (χ2v) is 7.92. The molecule has 0 fully saturated rings. The Balaban J connectivity index is 1.29. The minimum Gasteiger partial charge on any atom is -0.347 e. The number of nitrogens with zero attached hydrogens (tertiary/aromatic N) is 3. The van der Waals surface area contributed by atoms with E-state index in [1.54, 1.807) is 24.3 Å². The average molecular weight is 438 g/mol. The number of nitrogens with one attached hydrogen (secondary N) is 1. The third-order valence-electron chi connectivity index (χ3n) is 5.82. The number of rotatable bonds is 7. The number of carbonyl (C=O) groups is 3. The number of imide groups is 1. The van der Waals surface area contributed by atoms with Gasteiger partial charge in [-0.3, -0.25) is 19.3 Å². The number of benzene rings is 3. The van der Waals surface area contributed by atoms with Crippen LogP contribution >= 0.6 is 0 Å². The smallest absolute Gasteiger partial charge is 0.262 e. The quantitative estimate of drug-likeness (QED) is 0.449. The summed E-state index contributed by atoms with van der Waals surface area (Å²) in [7, 11) is 0. The van der Waals surface area contributed by atoms with Gasteiger partial charge in [0.05, 0.1) is 28.7 Å². The van der Waals surface area contributed by atoms with Crippen molar-refractivity contribution in [3.05, 3.63) is 101 Å². The number of hydrogen-bond donors (Lipinski definition) is 1. The SMILES string of the molecule is O=C(CN1C(=O)c2ccccc2C1=O)NCc1nc2ccccc2n1CCc1ccccc1. The standard InChI is InChI=1S/C26H22N4O3/c31-24(17-30-25(32)19-10-4-5-11-20(19)26(30)33)27-16-23-28-21-12-6-7-13-22(21)29(23)15-14-18-8-2-1-3-9-18/h1-13H,14-17H2,(H,27,31). The van der Waals surface area contributed by atoms with E-state index >= 15 is 0 Å². The molecule has 1 aromatic heterocycles. The van der Waals surface area contributed by atoms with Crippen molar-refractivity contribution in [2.45, 2.75) is 19.5 Å². The van der Waals surface area contributed by atoms with Crippen LogP contribution in [0.15, 0.2) is 78.9 Å². The monoisotopic (exact) mass is 438 g/mol. The van der Waals surface area contributed by atoms with E-state index in [0.29, 0.717) is 17.7 Å². The second kappa shape index (κ2) is 8.70. The first kappa shape index (κ1) is 20.6. The summed E-state index contributed by atoms with van der Waals surface area (Å²) in [4.78, 5) is 43.3. The van der Waals surface area contributed by atoms with E-state index < -0.39 is 17.7 Å². The molecule has 3 amide bonds. The number of imidazole rings is 1. The van der Waals surface area contributed by atoms with Crippen molar-refractivity contribution < 1.29 is 14.4 Å². The number of fused-ring (bicyclic) bond motifs is 2. The first-order valence-corrected chi connectivity index (χ1v) is 10.8. The molecule has 7 nitrogen and oxygen atoms in total. The van der Waals surface area contributed by atoms with Gasteiger partial charge >= 0.3 is 0 Å². The van der Waals surface area contributed by atoms with Crippen molar-refractivity contribution >= 4 is 28.8 Å². The van der Waals surface area contributed by atoms with E-state index in [1.165, 1.54) is 5.56 Å². The van der Waals surface area contributed by atoms with Crippen LogP contribution in [0.4, 0.5) is 0 Å². The summed E-state index contributed by atoms with van der Waals surface area (Å²) in [6.45, 7) is 0.593. The molecule has 0 radical (unpaired) electrons. The lowest BCUT2D eigenvalue weighted by molar-refractivity contribution is -0.121. The zero-order valence-electron chi connectivity index (χ0n) is 17.9. The highest BCUT2D eigenvalue weighted by molar-refractivity contribution is 6.22. The average Bonchev–Trinajstić information content (AvgIpc) is 3.32. The molecule has 7 heteroatoms. The third kappa shape index (κ3) is 4.01. The number of carbonyl (C=O) groups excluding carboxylic acids is 3. The van der Waals surface area contributed by atoms with Crippen molar-refractivity contribution in [3.63, 3.8) is 0 Å². The van der Waals surface area contributed by atoms with E-state index in [9.17, 15) is 14.4 Å².